The molecular formula is C22H26N2O3. The van der Waals surface area contributed by atoms with Gasteiger partial charge in [0.05, 0.1) is 19.4 Å². The number of amides is 1. The van der Waals surface area contributed by atoms with E-state index in [1.807, 2.05) is 73.3 Å². The van der Waals surface area contributed by atoms with Crippen LogP contribution >= 0.6 is 0 Å². The molecule has 1 amide bonds. The van der Waals surface area contributed by atoms with Gasteiger partial charge in [-0.2, -0.15) is 0 Å². The quantitative estimate of drug-likeness (QED) is 0.747. The minimum atomic E-state index is -0.131. The zero-order valence-electron chi connectivity index (χ0n) is 16.1. The van der Waals surface area contributed by atoms with Gasteiger partial charge >= 0.3 is 0 Å². The number of nitrogens with zero attached hydrogens (tertiary/aromatic N) is 2. The molecule has 1 unspecified atom stereocenters. The number of hydrogen-bond donors (Lipinski definition) is 0. The first-order valence-corrected chi connectivity index (χ1v) is 9.26. The zero-order valence-corrected chi connectivity index (χ0v) is 16.1. The number of hydrogen-bond acceptors (Lipinski definition) is 4. The summed E-state index contributed by atoms with van der Waals surface area (Å²) in [5.74, 6) is 0.817. The van der Waals surface area contributed by atoms with Gasteiger partial charge in [-0.05, 0) is 23.3 Å². The van der Waals surface area contributed by atoms with Crippen LogP contribution in [0.2, 0.25) is 0 Å². The number of ether oxygens (including phenoxy) is 1. The molecule has 1 heterocycles. The van der Waals surface area contributed by atoms with E-state index in [1.165, 1.54) is 0 Å². The van der Waals surface area contributed by atoms with Crippen molar-refractivity contribution in [1.82, 2.24) is 4.90 Å². The fourth-order valence-corrected chi connectivity index (χ4v) is 3.16. The van der Waals surface area contributed by atoms with Crippen LogP contribution in [-0.4, -0.2) is 36.3 Å². The molecule has 0 fully saturated rings. The van der Waals surface area contributed by atoms with Crippen molar-refractivity contribution in [3.8, 4) is 5.75 Å². The van der Waals surface area contributed by atoms with Gasteiger partial charge in [0.25, 0.3) is 0 Å². The normalized spacial score (nSPS) is 16.0. The minimum Gasteiger partial charge on any atom is -0.497 e. The van der Waals surface area contributed by atoms with E-state index in [9.17, 15) is 4.79 Å². The van der Waals surface area contributed by atoms with Gasteiger partial charge in [-0.15, -0.1) is 0 Å². The van der Waals surface area contributed by atoms with Crippen LogP contribution in [0.5, 0.6) is 5.75 Å². The second kappa shape index (κ2) is 8.71. The number of carbonyl (C=O) groups is 1. The number of benzene rings is 2. The Bertz CT molecular complexity index is 802. The first-order valence-electron chi connectivity index (χ1n) is 9.26. The van der Waals surface area contributed by atoms with Crippen LogP contribution in [0.4, 0.5) is 0 Å². The Morgan fingerprint density at radius 2 is 2.00 bits per heavy atom. The SMILES string of the molecule is COc1cccc(CN(CC2CC(c3ccccc3)=NO2)C(=O)C(C)C)c1. The van der Waals surface area contributed by atoms with Crippen molar-refractivity contribution >= 4 is 11.6 Å². The molecule has 1 atom stereocenters. The van der Waals surface area contributed by atoms with Gasteiger partial charge in [-0.1, -0.05) is 61.5 Å². The Hall–Kier alpha value is -2.82. The van der Waals surface area contributed by atoms with Gasteiger partial charge in [-0.25, -0.2) is 0 Å². The van der Waals surface area contributed by atoms with Crippen LogP contribution in [0.3, 0.4) is 0 Å². The van der Waals surface area contributed by atoms with Crippen LogP contribution < -0.4 is 4.74 Å². The van der Waals surface area contributed by atoms with Crippen molar-refractivity contribution in [1.29, 1.82) is 0 Å². The van der Waals surface area contributed by atoms with Gasteiger partial charge in [0.1, 0.15) is 5.75 Å². The van der Waals surface area contributed by atoms with Gasteiger partial charge < -0.3 is 14.5 Å². The van der Waals surface area contributed by atoms with Gasteiger partial charge in [0, 0.05) is 18.9 Å². The maximum Gasteiger partial charge on any atom is 0.225 e. The summed E-state index contributed by atoms with van der Waals surface area (Å²) >= 11 is 0. The second-order valence-corrected chi connectivity index (χ2v) is 7.06. The maximum atomic E-state index is 12.7. The molecule has 1 aliphatic rings. The second-order valence-electron chi connectivity index (χ2n) is 7.06. The molecule has 0 aliphatic carbocycles. The summed E-state index contributed by atoms with van der Waals surface area (Å²) in [5.41, 5.74) is 3.03. The van der Waals surface area contributed by atoms with Crippen LogP contribution in [0.25, 0.3) is 0 Å². The maximum absolute atomic E-state index is 12.7. The monoisotopic (exact) mass is 366 g/mol. The molecule has 0 saturated carbocycles. The molecule has 2 aromatic rings. The van der Waals surface area contributed by atoms with Crippen molar-refractivity contribution in [2.24, 2.45) is 11.1 Å². The lowest BCUT2D eigenvalue weighted by molar-refractivity contribution is -0.136. The molecule has 5 nitrogen and oxygen atoms in total. The summed E-state index contributed by atoms with van der Waals surface area (Å²) in [6.07, 6.45) is 0.567. The number of methoxy groups -OCH3 is 1. The molecule has 0 spiro atoms. The molecule has 5 heteroatoms. The molecule has 27 heavy (non-hydrogen) atoms. The molecule has 0 aromatic heterocycles. The molecule has 0 bridgehead atoms. The van der Waals surface area contributed by atoms with Crippen molar-refractivity contribution in [3.05, 3.63) is 65.7 Å². The van der Waals surface area contributed by atoms with Crippen molar-refractivity contribution in [2.75, 3.05) is 13.7 Å². The van der Waals surface area contributed by atoms with Crippen molar-refractivity contribution in [2.45, 2.75) is 32.9 Å². The van der Waals surface area contributed by atoms with Crippen molar-refractivity contribution < 1.29 is 14.4 Å². The molecule has 0 N–H and O–H groups in total. The smallest absolute Gasteiger partial charge is 0.225 e. The van der Waals surface area contributed by atoms with E-state index >= 15 is 0 Å². The first kappa shape index (κ1) is 19.0. The number of carbonyl (C=O) groups excluding carboxylic acids is 1. The highest BCUT2D eigenvalue weighted by molar-refractivity contribution is 6.01. The highest BCUT2D eigenvalue weighted by atomic mass is 16.6. The van der Waals surface area contributed by atoms with E-state index in [0.717, 1.165) is 22.6 Å². The predicted molar refractivity (Wildman–Crippen MR) is 106 cm³/mol. The summed E-state index contributed by atoms with van der Waals surface area (Å²) in [6, 6.07) is 17.8. The summed E-state index contributed by atoms with van der Waals surface area (Å²) < 4.78 is 5.29. The largest absolute Gasteiger partial charge is 0.497 e. The molecule has 1 aliphatic heterocycles. The van der Waals surface area contributed by atoms with Crippen molar-refractivity contribution in [3.63, 3.8) is 0 Å². The van der Waals surface area contributed by atoms with Crippen LogP contribution in [-0.2, 0) is 16.2 Å². The van der Waals surface area contributed by atoms with E-state index in [4.69, 9.17) is 9.57 Å². The molecule has 0 radical (unpaired) electrons. The lowest BCUT2D eigenvalue weighted by atomic mass is 10.0. The Labute approximate surface area is 160 Å². The lowest BCUT2D eigenvalue weighted by Crippen LogP contribution is -2.39. The third-order valence-corrected chi connectivity index (χ3v) is 4.58. The van der Waals surface area contributed by atoms with Crippen LogP contribution in [0.1, 0.15) is 31.4 Å². The fourth-order valence-electron chi connectivity index (χ4n) is 3.16. The molecule has 2 aromatic carbocycles. The van der Waals surface area contributed by atoms with E-state index < -0.39 is 0 Å². The summed E-state index contributed by atoms with van der Waals surface area (Å²) in [7, 11) is 1.64. The molecule has 3 rings (SSSR count). The zero-order chi connectivity index (χ0) is 19.2. The van der Waals surface area contributed by atoms with E-state index in [2.05, 4.69) is 5.16 Å². The van der Waals surface area contributed by atoms with Crippen LogP contribution in [0.15, 0.2) is 59.8 Å². The van der Waals surface area contributed by atoms with Gasteiger partial charge in [-0.3, -0.25) is 4.79 Å². The Balaban J connectivity index is 1.68. The summed E-state index contributed by atoms with van der Waals surface area (Å²) in [6.45, 7) is 4.87. The average Bonchev–Trinajstić information content (AvgIpc) is 3.16. The third kappa shape index (κ3) is 4.88. The van der Waals surface area contributed by atoms with Gasteiger partial charge in [0.2, 0.25) is 5.91 Å². The predicted octanol–water partition coefficient (Wildman–Crippen LogP) is 3.87. The van der Waals surface area contributed by atoms with E-state index in [-0.39, 0.29) is 17.9 Å². The average molecular weight is 366 g/mol. The topological polar surface area (TPSA) is 51.1 Å². The molecule has 142 valence electrons. The van der Waals surface area contributed by atoms with E-state index in [1.54, 1.807) is 7.11 Å². The standard InChI is InChI=1S/C22H26N2O3/c1-16(2)22(25)24(14-17-8-7-11-19(12-17)26-3)15-20-13-21(23-27-20)18-9-5-4-6-10-18/h4-12,16,20H,13-15H2,1-3H3. The Morgan fingerprint density at radius 1 is 1.22 bits per heavy atom. The Kier molecular flexibility index (Phi) is 6.12. The lowest BCUT2D eigenvalue weighted by Gasteiger charge is -2.26. The minimum absolute atomic E-state index is 0.0773. The summed E-state index contributed by atoms with van der Waals surface area (Å²) in [4.78, 5) is 20.2. The number of oxime groups is 1. The highest BCUT2D eigenvalue weighted by Gasteiger charge is 2.27. The Morgan fingerprint density at radius 3 is 2.70 bits per heavy atom. The van der Waals surface area contributed by atoms with E-state index in [0.29, 0.717) is 19.5 Å². The highest BCUT2D eigenvalue weighted by Crippen LogP contribution is 2.21. The third-order valence-electron chi connectivity index (χ3n) is 4.58. The van der Waals surface area contributed by atoms with Gasteiger partial charge in [0.15, 0.2) is 6.10 Å². The summed E-state index contributed by atoms with van der Waals surface area (Å²) in [5, 5.41) is 4.24. The fraction of sp³-hybridized carbons (Fsp3) is 0.364. The molecular weight excluding hydrogens is 340 g/mol. The first-order chi connectivity index (χ1) is 13.1. The van der Waals surface area contributed by atoms with Crippen LogP contribution in [0, 0.1) is 5.92 Å². The molecule has 0 saturated heterocycles. The number of rotatable bonds is 7.